The fourth-order valence-electron chi connectivity index (χ4n) is 3.54. The molecule has 28 heavy (non-hydrogen) atoms. The number of benzene rings is 2. The zero-order valence-corrected chi connectivity index (χ0v) is 17.0. The van der Waals surface area contributed by atoms with Crippen LogP contribution in [-0.4, -0.2) is 37.6 Å². The molecule has 0 fully saturated rings. The lowest BCUT2D eigenvalue weighted by Gasteiger charge is -2.25. The molecule has 5 heteroatoms. The lowest BCUT2D eigenvalue weighted by molar-refractivity contribution is -0.126. The van der Waals surface area contributed by atoms with E-state index >= 15 is 0 Å². The van der Waals surface area contributed by atoms with E-state index in [0.717, 1.165) is 42.3 Å². The number of fused-ring (bicyclic) bond motifs is 1. The largest absolute Gasteiger partial charge is 0.497 e. The second kappa shape index (κ2) is 9.60. The van der Waals surface area contributed by atoms with Crippen LogP contribution in [-0.2, 0) is 24.3 Å². The van der Waals surface area contributed by atoms with Crippen LogP contribution >= 0.6 is 0 Å². The Morgan fingerprint density at radius 3 is 2.71 bits per heavy atom. The summed E-state index contributed by atoms with van der Waals surface area (Å²) in [6.45, 7) is 8.29. The quantitative estimate of drug-likeness (QED) is 0.760. The third kappa shape index (κ3) is 5.04. The standard InChI is InChI=1S/C23H30N2O3/c1-4-25(5-2)15-18-8-6-7-17(11-18)14-24-23(26)20-12-19-13-21(27-3)9-10-22(19)28-16-20/h6-11,13,20H,4-5,12,14-16H2,1-3H3,(H,24,26). The lowest BCUT2D eigenvalue weighted by atomic mass is 9.95. The Balaban J connectivity index is 1.57. The van der Waals surface area contributed by atoms with Crippen molar-refractivity contribution in [3.05, 3.63) is 59.2 Å². The minimum atomic E-state index is -0.182. The van der Waals surface area contributed by atoms with Gasteiger partial charge in [-0.05, 0) is 54.4 Å². The second-order valence-electron chi connectivity index (χ2n) is 7.18. The topological polar surface area (TPSA) is 50.8 Å². The second-order valence-corrected chi connectivity index (χ2v) is 7.18. The molecule has 5 nitrogen and oxygen atoms in total. The summed E-state index contributed by atoms with van der Waals surface area (Å²) in [6.07, 6.45) is 0.667. The van der Waals surface area contributed by atoms with E-state index in [2.05, 4.69) is 48.3 Å². The van der Waals surface area contributed by atoms with Crippen LogP contribution in [0.2, 0.25) is 0 Å². The molecular formula is C23H30N2O3. The zero-order valence-electron chi connectivity index (χ0n) is 17.0. The van der Waals surface area contributed by atoms with Gasteiger partial charge in [-0.2, -0.15) is 0 Å². The van der Waals surface area contributed by atoms with E-state index in [-0.39, 0.29) is 11.8 Å². The average Bonchev–Trinajstić information content (AvgIpc) is 2.75. The van der Waals surface area contributed by atoms with Gasteiger partial charge in [0, 0.05) is 13.1 Å². The Hall–Kier alpha value is -2.53. The van der Waals surface area contributed by atoms with Gasteiger partial charge in [0.05, 0.1) is 13.0 Å². The number of ether oxygens (including phenoxy) is 2. The molecule has 2 aromatic rings. The maximum atomic E-state index is 12.7. The average molecular weight is 383 g/mol. The van der Waals surface area contributed by atoms with Gasteiger partial charge in [0.25, 0.3) is 0 Å². The Bertz CT molecular complexity index is 802. The number of hydrogen-bond acceptors (Lipinski definition) is 4. The van der Waals surface area contributed by atoms with E-state index in [0.29, 0.717) is 19.6 Å². The zero-order chi connectivity index (χ0) is 19.9. The lowest BCUT2D eigenvalue weighted by Crippen LogP contribution is -2.37. The predicted octanol–water partition coefficient (Wildman–Crippen LogP) is 3.40. The molecule has 0 saturated carbocycles. The summed E-state index contributed by atoms with van der Waals surface area (Å²) >= 11 is 0. The third-order valence-electron chi connectivity index (χ3n) is 5.30. The van der Waals surface area contributed by atoms with Crippen LogP contribution in [0.3, 0.4) is 0 Å². The molecule has 0 saturated heterocycles. The first-order valence-electron chi connectivity index (χ1n) is 10.0. The van der Waals surface area contributed by atoms with Crippen LogP contribution in [0.15, 0.2) is 42.5 Å². The molecule has 1 aliphatic rings. The van der Waals surface area contributed by atoms with Crippen molar-refractivity contribution in [2.24, 2.45) is 5.92 Å². The summed E-state index contributed by atoms with van der Waals surface area (Å²) in [5.74, 6) is 1.48. The van der Waals surface area contributed by atoms with Crippen molar-refractivity contribution in [3.8, 4) is 11.5 Å². The highest BCUT2D eigenvalue weighted by atomic mass is 16.5. The smallest absolute Gasteiger partial charge is 0.227 e. The number of methoxy groups -OCH3 is 1. The van der Waals surface area contributed by atoms with Gasteiger partial charge in [-0.1, -0.05) is 38.1 Å². The molecule has 2 aromatic carbocycles. The van der Waals surface area contributed by atoms with Gasteiger partial charge in [0.1, 0.15) is 18.1 Å². The summed E-state index contributed by atoms with van der Waals surface area (Å²) in [5.41, 5.74) is 3.42. The Labute approximate surface area is 167 Å². The van der Waals surface area contributed by atoms with Crippen LogP contribution in [0.4, 0.5) is 0 Å². The van der Waals surface area contributed by atoms with Crippen molar-refractivity contribution in [3.63, 3.8) is 0 Å². The van der Waals surface area contributed by atoms with E-state index in [9.17, 15) is 4.79 Å². The highest BCUT2D eigenvalue weighted by molar-refractivity contribution is 5.79. The molecular weight excluding hydrogens is 352 g/mol. The van der Waals surface area contributed by atoms with Crippen molar-refractivity contribution in [2.45, 2.75) is 33.4 Å². The molecule has 1 atom stereocenters. The predicted molar refractivity (Wildman–Crippen MR) is 111 cm³/mol. The number of hydrogen-bond donors (Lipinski definition) is 1. The molecule has 150 valence electrons. The van der Waals surface area contributed by atoms with Gasteiger partial charge in [-0.3, -0.25) is 9.69 Å². The first-order chi connectivity index (χ1) is 13.6. The van der Waals surface area contributed by atoms with Gasteiger partial charge in [0.15, 0.2) is 0 Å². The SMILES string of the molecule is CCN(CC)Cc1cccc(CNC(=O)C2COc3ccc(OC)cc3C2)c1. The highest BCUT2D eigenvalue weighted by Gasteiger charge is 2.26. The van der Waals surface area contributed by atoms with E-state index in [1.165, 1.54) is 5.56 Å². The number of amides is 1. The van der Waals surface area contributed by atoms with Crippen molar-refractivity contribution < 1.29 is 14.3 Å². The molecule has 0 spiro atoms. The van der Waals surface area contributed by atoms with Gasteiger partial charge in [-0.15, -0.1) is 0 Å². The molecule has 1 heterocycles. The van der Waals surface area contributed by atoms with Gasteiger partial charge < -0.3 is 14.8 Å². The molecule has 1 amide bonds. The van der Waals surface area contributed by atoms with Crippen LogP contribution < -0.4 is 14.8 Å². The third-order valence-corrected chi connectivity index (χ3v) is 5.30. The molecule has 0 aliphatic carbocycles. The molecule has 3 rings (SSSR count). The van der Waals surface area contributed by atoms with E-state index < -0.39 is 0 Å². The van der Waals surface area contributed by atoms with Crippen LogP contribution in [0, 0.1) is 5.92 Å². The highest BCUT2D eigenvalue weighted by Crippen LogP contribution is 2.30. The maximum Gasteiger partial charge on any atom is 0.227 e. The molecule has 1 unspecified atom stereocenters. The number of nitrogens with one attached hydrogen (secondary N) is 1. The van der Waals surface area contributed by atoms with Gasteiger partial charge in [0.2, 0.25) is 5.91 Å². The number of nitrogens with zero attached hydrogens (tertiary/aromatic N) is 1. The van der Waals surface area contributed by atoms with E-state index in [4.69, 9.17) is 9.47 Å². The summed E-state index contributed by atoms with van der Waals surface area (Å²) in [7, 11) is 1.64. The fourth-order valence-corrected chi connectivity index (χ4v) is 3.54. The number of carbonyl (C=O) groups excluding carboxylic acids is 1. The molecule has 1 aliphatic heterocycles. The summed E-state index contributed by atoms with van der Waals surface area (Å²) in [4.78, 5) is 15.0. The van der Waals surface area contributed by atoms with Crippen molar-refractivity contribution in [2.75, 3.05) is 26.8 Å². The fraction of sp³-hybridized carbons (Fsp3) is 0.435. The Morgan fingerprint density at radius 1 is 1.18 bits per heavy atom. The van der Waals surface area contributed by atoms with Crippen molar-refractivity contribution in [1.29, 1.82) is 0 Å². The molecule has 1 N–H and O–H groups in total. The van der Waals surface area contributed by atoms with E-state index in [1.807, 2.05) is 18.2 Å². The van der Waals surface area contributed by atoms with Crippen LogP contribution in [0.1, 0.15) is 30.5 Å². The Kier molecular flexibility index (Phi) is 6.93. The van der Waals surface area contributed by atoms with Crippen LogP contribution in [0.5, 0.6) is 11.5 Å². The monoisotopic (exact) mass is 382 g/mol. The van der Waals surface area contributed by atoms with E-state index in [1.54, 1.807) is 7.11 Å². The number of rotatable bonds is 8. The molecule has 0 bridgehead atoms. The summed E-state index contributed by atoms with van der Waals surface area (Å²) in [6, 6.07) is 14.2. The van der Waals surface area contributed by atoms with Crippen molar-refractivity contribution in [1.82, 2.24) is 10.2 Å². The van der Waals surface area contributed by atoms with Crippen LogP contribution in [0.25, 0.3) is 0 Å². The summed E-state index contributed by atoms with van der Waals surface area (Å²) < 4.78 is 11.1. The molecule has 0 radical (unpaired) electrons. The van der Waals surface area contributed by atoms with Crippen molar-refractivity contribution >= 4 is 5.91 Å². The maximum absolute atomic E-state index is 12.7. The minimum Gasteiger partial charge on any atom is -0.497 e. The normalized spacial score (nSPS) is 15.6. The summed E-state index contributed by atoms with van der Waals surface area (Å²) in [5, 5.41) is 3.07. The Morgan fingerprint density at radius 2 is 1.96 bits per heavy atom. The molecule has 0 aromatic heterocycles. The first-order valence-corrected chi connectivity index (χ1v) is 10.0. The number of carbonyl (C=O) groups is 1. The minimum absolute atomic E-state index is 0.0302. The van der Waals surface area contributed by atoms with Gasteiger partial charge in [-0.25, -0.2) is 0 Å². The van der Waals surface area contributed by atoms with Gasteiger partial charge >= 0.3 is 0 Å². The first kappa shape index (κ1) is 20.2.